The Bertz CT molecular complexity index is 838. The van der Waals surface area contributed by atoms with Crippen LogP contribution in [-0.2, 0) is 0 Å². The van der Waals surface area contributed by atoms with Gasteiger partial charge in [-0.15, -0.1) is 11.3 Å². The molecule has 3 aromatic rings. The number of thiophene rings is 1. The predicted molar refractivity (Wildman–Crippen MR) is 99.1 cm³/mol. The molecule has 0 bridgehead atoms. The number of hydrogen-bond acceptors (Lipinski definition) is 6. The summed E-state index contributed by atoms with van der Waals surface area (Å²) in [6.45, 7) is 4.17. The van der Waals surface area contributed by atoms with Gasteiger partial charge >= 0.3 is 0 Å². The average molecular weight is 340 g/mol. The summed E-state index contributed by atoms with van der Waals surface area (Å²) in [5.41, 5.74) is 2.21. The van der Waals surface area contributed by atoms with Crippen LogP contribution in [0.5, 0.6) is 5.75 Å². The van der Waals surface area contributed by atoms with Gasteiger partial charge in [-0.25, -0.2) is 9.97 Å². The van der Waals surface area contributed by atoms with Crippen molar-refractivity contribution in [3.05, 3.63) is 36.7 Å². The Kier molecular flexibility index (Phi) is 4.08. The van der Waals surface area contributed by atoms with Crippen molar-refractivity contribution in [1.29, 1.82) is 0 Å². The number of fused-ring (bicyclic) bond motifs is 1. The first-order chi connectivity index (χ1) is 11.7. The fourth-order valence-electron chi connectivity index (χ4n) is 2.98. The molecule has 0 aliphatic carbocycles. The molecular weight excluding hydrogens is 320 g/mol. The van der Waals surface area contributed by atoms with E-state index in [4.69, 9.17) is 4.74 Å². The van der Waals surface area contributed by atoms with E-state index < -0.39 is 0 Å². The summed E-state index contributed by atoms with van der Waals surface area (Å²) >= 11 is 1.76. The van der Waals surface area contributed by atoms with Crippen molar-refractivity contribution in [3.63, 3.8) is 0 Å². The number of piperazine rings is 1. The zero-order valence-electron chi connectivity index (χ0n) is 13.9. The van der Waals surface area contributed by atoms with Gasteiger partial charge in [-0.05, 0) is 42.9 Å². The normalized spacial score (nSPS) is 15.8. The molecule has 5 nitrogen and oxygen atoms in total. The SMILES string of the molecule is COc1ccc(-c2cc3ncnc(N4CCN(C)CC4)c3s2)cc1. The molecule has 0 unspecified atom stereocenters. The summed E-state index contributed by atoms with van der Waals surface area (Å²) in [6, 6.07) is 10.3. The Morgan fingerprint density at radius 3 is 2.50 bits per heavy atom. The second kappa shape index (κ2) is 6.37. The monoisotopic (exact) mass is 340 g/mol. The molecule has 0 amide bonds. The van der Waals surface area contributed by atoms with Gasteiger partial charge in [0.25, 0.3) is 0 Å². The first-order valence-electron chi connectivity index (χ1n) is 8.07. The van der Waals surface area contributed by atoms with Crippen molar-refractivity contribution in [2.45, 2.75) is 0 Å². The van der Waals surface area contributed by atoms with E-state index in [0.717, 1.165) is 43.3 Å². The van der Waals surface area contributed by atoms with E-state index in [9.17, 15) is 0 Å². The zero-order valence-corrected chi connectivity index (χ0v) is 14.7. The van der Waals surface area contributed by atoms with E-state index in [1.165, 1.54) is 15.1 Å². The topological polar surface area (TPSA) is 41.5 Å². The van der Waals surface area contributed by atoms with E-state index in [2.05, 4.69) is 45.0 Å². The molecule has 0 spiro atoms. The van der Waals surface area contributed by atoms with Gasteiger partial charge in [0.2, 0.25) is 0 Å². The van der Waals surface area contributed by atoms with Crippen molar-refractivity contribution in [2.75, 3.05) is 45.2 Å². The number of likely N-dealkylation sites (N-methyl/N-ethyl adjacent to an activating group) is 1. The third kappa shape index (κ3) is 2.83. The largest absolute Gasteiger partial charge is 0.497 e. The van der Waals surface area contributed by atoms with Crippen molar-refractivity contribution in [1.82, 2.24) is 14.9 Å². The van der Waals surface area contributed by atoms with Gasteiger partial charge in [-0.1, -0.05) is 0 Å². The molecule has 0 radical (unpaired) electrons. The van der Waals surface area contributed by atoms with Crippen molar-refractivity contribution >= 4 is 27.4 Å². The van der Waals surface area contributed by atoms with Gasteiger partial charge in [0, 0.05) is 31.1 Å². The Morgan fingerprint density at radius 1 is 1.04 bits per heavy atom. The molecule has 4 rings (SSSR count). The van der Waals surface area contributed by atoms with Crippen LogP contribution in [0.2, 0.25) is 0 Å². The highest BCUT2D eigenvalue weighted by molar-refractivity contribution is 7.22. The van der Waals surface area contributed by atoms with Gasteiger partial charge in [0.05, 0.1) is 17.3 Å². The number of ether oxygens (including phenoxy) is 1. The van der Waals surface area contributed by atoms with E-state index >= 15 is 0 Å². The molecule has 3 heterocycles. The molecule has 124 valence electrons. The Balaban J connectivity index is 1.71. The molecule has 0 saturated carbocycles. The number of anilines is 1. The lowest BCUT2D eigenvalue weighted by molar-refractivity contribution is 0.312. The Morgan fingerprint density at radius 2 is 1.79 bits per heavy atom. The van der Waals surface area contributed by atoms with Gasteiger partial charge in [0.1, 0.15) is 17.9 Å². The summed E-state index contributed by atoms with van der Waals surface area (Å²) in [5.74, 6) is 1.94. The molecule has 6 heteroatoms. The molecule has 24 heavy (non-hydrogen) atoms. The van der Waals surface area contributed by atoms with Crippen LogP contribution in [0.25, 0.3) is 20.7 Å². The molecule has 1 saturated heterocycles. The Hall–Kier alpha value is -2.18. The van der Waals surface area contributed by atoms with Gasteiger partial charge in [-0.2, -0.15) is 0 Å². The van der Waals surface area contributed by atoms with E-state index in [-0.39, 0.29) is 0 Å². The standard InChI is InChI=1S/C18H20N4OS/c1-21-7-9-22(10-8-21)18-17-15(19-12-20-18)11-16(24-17)13-3-5-14(23-2)6-4-13/h3-6,11-12H,7-10H2,1-2H3. The first kappa shape index (κ1) is 15.4. The van der Waals surface area contributed by atoms with Crippen LogP contribution in [0.3, 0.4) is 0 Å². The fourth-order valence-corrected chi connectivity index (χ4v) is 4.12. The number of nitrogens with zero attached hydrogens (tertiary/aromatic N) is 4. The highest BCUT2D eigenvalue weighted by Crippen LogP contribution is 2.37. The van der Waals surface area contributed by atoms with Crippen LogP contribution in [-0.4, -0.2) is 55.2 Å². The Labute approximate surface area is 145 Å². The number of aromatic nitrogens is 2. The number of methoxy groups -OCH3 is 1. The summed E-state index contributed by atoms with van der Waals surface area (Å²) in [5, 5.41) is 0. The third-order valence-corrected chi connectivity index (χ3v) is 5.64. The third-order valence-electron chi connectivity index (χ3n) is 4.47. The van der Waals surface area contributed by atoms with Crippen LogP contribution in [0.1, 0.15) is 0 Å². The second-order valence-electron chi connectivity index (χ2n) is 6.04. The van der Waals surface area contributed by atoms with E-state index in [1.807, 2.05) is 12.1 Å². The number of rotatable bonds is 3. The van der Waals surface area contributed by atoms with Crippen LogP contribution in [0.15, 0.2) is 36.7 Å². The van der Waals surface area contributed by atoms with E-state index in [1.54, 1.807) is 24.8 Å². The van der Waals surface area contributed by atoms with Crippen molar-refractivity contribution < 1.29 is 4.74 Å². The minimum absolute atomic E-state index is 0.873. The zero-order chi connectivity index (χ0) is 16.5. The van der Waals surface area contributed by atoms with Gasteiger partial charge < -0.3 is 14.5 Å². The van der Waals surface area contributed by atoms with Crippen molar-refractivity contribution in [3.8, 4) is 16.2 Å². The van der Waals surface area contributed by atoms with Crippen LogP contribution >= 0.6 is 11.3 Å². The molecule has 1 fully saturated rings. The van der Waals surface area contributed by atoms with Crippen LogP contribution < -0.4 is 9.64 Å². The fraction of sp³-hybridized carbons (Fsp3) is 0.333. The highest BCUT2D eigenvalue weighted by Gasteiger charge is 2.19. The minimum atomic E-state index is 0.873. The summed E-state index contributed by atoms with van der Waals surface area (Å²) in [4.78, 5) is 15.0. The maximum Gasteiger partial charge on any atom is 0.150 e. The van der Waals surface area contributed by atoms with Crippen molar-refractivity contribution in [2.24, 2.45) is 0 Å². The number of benzene rings is 1. The van der Waals surface area contributed by atoms with Crippen LogP contribution in [0, 0.1) is 0 Å². The summed E-state index contributed by atoms with van der Waals surface area (Å²) in [7, 11) is 3.85. The average Bonchev–Trinajstić information content (AvgIpc) is 3.07. The maximum atomic E-state index is 5.24. The smallest absolute Gasteiger partial charge is 0.150 e. The summed E-state index contributed by atoms with van der Waals surface area (Å²) in [6.07, 6.45) is 1.68. The molecule has 1 aromatic carbocycles. The second-order valence-corrected chi connectivity index (χ2v) is 7.09. The molecule has 0 N–H and O–H groups in total. The quantitative estimate of drug-likeness (QED) is 0.733. The van der Waals surface area contributed by atoms with Crippen LogP contribution in [0.4, 0.5) is 5.82 Å². The molecule has 2 aromatic heterocycles. The minimum Gasteiger partial charge on any atom is -0.497 e. The van der Waals surface area contributed by atoms with Gasteiger partial charge in [-0.3, -0.25) is 0 Å². The summed E-state index contributed by atoms with van der Waals surface area (Å²) < 4.78 is 6.42. The van der Waals surface area contributed by atoms with E-state index in [0.29, 0.717) is 0 Å². The number of hydrogen-bond donors (Lipinski definition) is 0. The lowest BCUT2D eigenvalue weighted by Gasteiger charge is -2.33. The predicted octanol–water partition coefficient (Wildman–Crippen LogP) is 3.12. The van der Waals surface area contributed by atoms with Gasteiger partial charge in [0.15, 0.2) is 0 Å². The lowest BCUT2D eigenvalue weighted by atomic mass is 10.2. The molecule has 1 aliphatic heterocycles. The lowest BCUT2D eigenvalue weighted by Crippen LogP contribution is -2.44. The molecular formula is C18H20N4OS. The molecule has 0 atom stereocenters. The molecule has 1 aliphatic rings. The highest BCUT2D eigenvalue weighted by atomic mass is 32.1. The first-order valence-corrected chi connectivity index (χ1v) is 8.89. The maximum absolute atomic E-state index is 5.24.